The van der Waals surface area contributed by atoms with Crippen molar-refractivity contribution in [1.29, 1.82) is 0 Å². The number of fused-ring (bicyclic) bond motifs is 1. The van der Waals surface area contributed by atoms with Crippen LogP contribution in [0.3, 0.4) is 0 Å². The van der Waals surface area contributed by atoms with Crippen LogP contribution in [0.4, 0.5) is 10.9 Å². The highest BCUT2D eigenvalue weighted by molar-refractivity contribution is 7.91. The van der Waals surface area contributed by atoms with Crippen LogP contribution in [0.1, 0.15) is 13.8 Å². The highest BCUT2D eigenvalue weighted by Gasteiger charge is 2.30. The molecule has 1 aliphatic heterocycles. The van der Waals surface area contributed by atoms with E-state index >= 15 is 0 Å². The molecule has 13 heteroatoms. The average Bonchev–Trinajstić information content (AvgIpc) is 3.38. The molecule has 4 heterocycles. The summed E-state index contributed by atoms with van der Waals surface area (Å²) in [5.41, 5.74) is 2.85. The molecule has 1 saturated heterocycles. The maximum Gasteiger partial charge on any atom is 0.254 e. The second-order valence-corrected chi connectivity index (χ2v) is 12.3. The third-order valence-electron chi connectivity index (χ3n) is 6.25. The van der Waals surface area contributed by atoms with Crippen LogP contribution in [0.5, 0.6) is 0 Å². The first-order valence-electron chi connectivity index (χ1n) is 12.2. The molecule has 0 spiro atoms. The number of amides is 1. The van der Waals surface area contributed by atoms with Crippen LogP contribution in [0.2, 0.25) is 0 Å². The Morgan fingerprint density at radius 2 is 1.89 bits per heavy atom. The van der Waals surface area contributed by atoms with Gasteiger partial charge in [-0.3, -0.25) is 14.7 Å². The number of pyridine rings is 1. The molecule has 1 amide bonds. The van der Waals surface area contributed by atoms with E-state index in [1.54, 1.807) is 12.5 Å². The summed E-state index contributed by atoms with van der Waals surface area (Å²) in [4.78, 5) is 30.7. The molecule has 1 fully saturated rings. The molecular formula is C25H28N8O3S2. The Balaban J connectivity index is 1.21. The SMILES string of the molecule is CC(=O)Nc1ncc(S(=O)(=O)N2CCN(C[C@H](C)Nc3ncnc4c(-c5cccnc5)cccc34)CC2)s1. The standard InChI is InChI=1S/C25H28N8O3S2/c1-17(30-24-21-7-3-6-20(23(21)28-16-29-24)19-5-4-8-26-13-19)15-32-9-11-33(12-10-32)38(35,36)22-14-27-25(37-22)31-18(2)34/h3-8,13-14,16-17H,9-12,15H2,1-2H3,(H,27,31,34)(H,28,29,30)/t17-/m0/s1. The van der Waals surface area contributed by atoms with Crippen LogP contribution < -0.4 is 10.6 Å². The number of carbonyl (C=O) groups excluding carboxylic acids is 1. The summed E-state index contributed by atoms with van der Waals surface area (Å²) < 4.78 is 27.7. The number of hydrogen-bond acceptors (Lipinski definition) is 10. The molecule has 1 aromatic carbocycles. The van der Waals surface area contributed by atoms with Crippen molar-refractivity contribution < 1.29 is 13.2 Å². The molecular weight excluding hydrogens is 524 g/mol. The zero-order chi connectivity index (χ0) is 26.7. The van der Waals surface area contributed by atoms with E-state index in [1.165, 1.54) is 17.4 Å². The molecule has 4 aromatic rings. The van der Waals surface area contributed by atoms with Crippen LogP contribution in [-0.2, 0) is 14.8 Å². The predicted octanol–water partition coefficient (Wildman–Crippen LogP) is 2.91. The minimum Gasteiger partial charge on any atom is -0.366 e. The van der Waals surface area contributed by atoms with Crippen molar-refractivity contribution in [3.8, 4) is 11.1 Å². The molecule has 0 radical (unpaired) electrons. The number of sulfonamides is 1. The highest BCUT2D eigenvalue weighted by Crippen LogP contribution is 2.30. The van der Waals surface area contributed by atoms with Crippen LogP contribution in [-0.4, -0.2) is 82.2 Å². The zero-order valence-electron chi connectivity index (χ0n) is 21.0. The minimum absolute atomic E-state index is 0.0695. The van der Waals surface area contributed by atoms with Gasteiger partial charge in [-0.05, 0) is 19.1 Å². The number of aromatic nitrogens is 4. The van der Waals surface area contributed by atoms with Gasteiger partial charge in [0, 0.05) is 74.6 Å². The molecule has 0 saturated carbocycles. The lowest BCUT2D eigenvalue weighted by Crippen LogP contribution is -2.50. The lowest BCUT2D eigenvalue weighted by atomic mass is 10.0. The van der Waals surface area contributed by atoms with Gasteiger partial charge in [0.2, 0.25) is 5.91 Å². The number of benzene rings is 1. The van der Waals surface area contributed by atoms with Crippen molar-refractivity contribution in [2.75, 3.05) is 43.4 Å². The normalized spacial score (nSPS) is 15.8. The number of rotatable bonds is 8. The lowest BCUT2D eigenvalue weighted by Gasteiger charge is -2.35. The molecule has 0 unspecified atom stereocenters. The summed E-state index contributed by atoms with van der Waals surface area (Å²) in [6, 6.07) is 10.0. The van der Waals surface area contributed by atoms with Gasteiger partial charge in [-0.15, -0.1) is 0 Å². The summed E-state index contributed by atoms with van der Waals surface area (Å²) in [5.74, 6) is 0.471. The molecule has 1 atom stereocenters. The van der Waals surface area contributed by atoms with Gasteiger partial charge in [0.15, 0.2) is 9.34 Å². The fourth-order valence-corrected chi connectivity index (χ4v) is 7.15. The van der Waals surface area contributed by atoms with Crippen LogP contribution in [0.15, 0.2) is 59.5 Å². The van der Waals surface area contributed by atoms with Gasteiger partial charge in [0.05, 0.1) is 11.7 Å². The number of thiazole rings is 1. The topological polar surface area (TPSA) is 133 Å². The number of nitrogens with one attached hydrogen (secondary N) is 2. The third kappa shape index (κ3) is 5.65. The van der Waals surface area contributed by atoms with Crippen molar-refractivity contribution >= 4 is 49.1 Å². The summed E-state index contributed by atoms with van der Waals surface area (Å²) >= 11 is 0.963. The van der Waals surface area contributed by atoms with E-state index in [0.29, 0.717) is 26.2 Å². The Hall–Kier alpha value is -3.52. The maximum absolute atomic E-state index is 13.0. The van der Waals surface area contributed by atoms with Gasteiger partial charge in [0.25, 0.3) is 10.0 Å². The van der Waals surface area contributed by atoms with Gasteiger partial charge in [-0.2, -0.15) is 4.31 Å². The number of carbonyl (C=O) groups is 1. The largest absolute Gasteiger partial charge is 0.366 e. The lowest BCUT2D eigenvalue weighted by molar-refractivity contribution is -0.114. The van der Waals surface area contributed by atoms with E-state index in [9.17, 15) is 13.2 Å². The average molecular weight is 553 g/mol. The Morgan fingerprint density at radius 1 is 1.08 bits per heavy atom. The van der Waals surface area contributed by atoms with Gasteiger partial charge in [-0.25, -0.2) is 23.4 Å². The van der Waals surface area contributed by atoms with Crippen molar-refractivity contribution in [2.24, 2.45) is 0 Å². The van der Waals surface area contributed by atoms with Gasteiger partial charge in [-0.1, -0.05) is 29.5 Å². The molecule has 11 nitrogen and oxygen atoms in total. The molecule has 2 N–H and O–H groups in total. The molecule has 5 rings (SSSR count). The van der Waals surface area contributed by atoms with E-state index in [4.69, 9.17) is 0 Å². The van der Waals surface area contributed by atoms with Crippen molar-refractivity contribution in [3.05, 3.63) is 55.2 Å². The first kappa shape index (κ1) is 26.1. The molecule has 3 aromatic heterocycles. The van der Waals surface area contributed by atoms with Crippen molar-refractivity contribution in [1.82, 2.24) is 29.1 Å². The van der Waals surface area contributed by atoms with Crippen LogP contribution in [0, 0.1) is 0 Å². The van der Waals surface area contributed by atoms with Gasteiger partial charge < -0.3 is 10.6 Å². The van der Waals surface area contributed by atoms with E-state index in [-0.39, 0.29) is 21.3 Å². The zero-order valence-corrected chi connectivity index (χ0v) is 22.7. The van der Waals surface area contributed by atoms with E-state index in [0.717, 1.165) is 45.7 Å². The number of anilines is 2. The summed E-state index contributed by atoms with van der Waals surface area (Å²) in [5, 5.41) is 7.25. The number of hydrogen-bond donors (Lipinski definition) is 2. The van der Waals surface area contributed by atoms with Gasteiger partial charge >= 0.3 is 0 Å². The summed E-state index contributed by atoms with van der Waals surface area (Å²) in [7, 11) is -3.65. The van der Waals surface area contributed by atoms with Crippen LogP contribution in [0.25, 0.3) is 22.0 Å². The van der Waals surface area contributed by atoms with E-state index in [1.807, 2.05) is 36.5 Å². The summed E-state index contributed by atoms with van der Waals surface area (Å²) in [6.45, 7) is 6.16. The maximum atomic E-state index is 13.0. The second kappa shape index (κ2) is 11.1. The Labute approximate surface area is 225 Å². The fourth-order valence-electron chi connectivity index (χ4n) is 4.49. The number of piperazine rings is 1. The first-order valence-corrected chi connectivity index (χ1v) is 14.4. The van der Waals surface area contributed by atoms with Gasteiger partial charge in [0.1, 0.15) is 12.1 Å². The smallest absolute Gasteiger partial charge is 0.254 e. The van der Waals surface area contributed by atoms with Crippen molar-refractivity contribution in [3.63, 3.8) is 0 Å². The molecule has 0 aliphatic carbocycles. The monoisotopic (exact) mass is 552 g/mol. The Bertz CT molecular complexity index is 1540. The highest BCUT2D eigenvalue weighted by atomic mass is 32.2. The Kier molecular flexibility index (Phi) is 7.61. The quantitative estimate of drug-likeness (QED) is 0.338. The third-order valence-corrected chi connectivity index (χ3v) is 9.49. The van der Waals surface area contributed by atoms with Crippen molar-refractivity contribution in [2.45, 2.75) is 24.1 Å². The molecule has 38 heavy (non-hydrogen) atoms. The Morgan fingerprint density at radius 3 is 2.63 bits per heavy atom. The van der Waals surface area contributed by atoms with E-state index < -0.39 is 10.0 Å². The fraction of sp³-hybridized carbons (Fsp3) is 0.320. The first-order chi connectivity index (χ1) is 18.3. The molecule has 0 bridgehead atoms. The second-order valence-electron chi connectivity index (χ2n) is 9.08. The molecule has 198 valence electrons. The number of nitrogens with zero attached hydrogens (tertiary/aromatic N) is 6. The summed E-state index contributed by atoms with van der Waals surface area (Å²) in [6.07, 6.45) is 6.44. The predicted molar refractivity (Wildman–Crippen MR) is 147 cm³/mol. The van der Waals surface area contributed by atoms with E-state index in [2.05, 4.69) is 42.4 Å². The minimum atomic E-state index is -3.65. The number of para-hydroxylation sites is 1. The molecule has 1 aliphatic rings. The van der Waals surface area contributed by atoms with Crippen LogP contribution >= 0.6 is 11.3 Å².